The molecule has 0 spiro atoms. The van der Waals surface area contributed by atoms with Crippen molar-refractivity contribution >= 4 is 17.6 Å². The number of carbonyl (C=O) groups is 2. The Morgan fingerprint density at radius 1 is 1.32 bits per heavy atom. The van der Waals surface area contributed by atoms with Crippen molar-refractivity contribution < 1.29 is 32.6 Å². The molecule has 2 bridgehead atoms. The van der Waals surface area contributed by atoms with Crippen molar-refractivity contribution in [2.24, 2.45) is 5.92 Å². The summed E-state index contributed by atoms with van der Waals surface area (Å²) in [4.78, 5) is 28.7. The Kier molecular flexibility index (Phi) is 9.49. The highest BCUT2D eigenvalue weighted by atomic mass is 19.4. The minimum atomic E-state index is -4.46. The molecule has 3 amide bonds. The molecule has 0 aliphatic carbocycles. The number of nitrogens with one attached hydrogen (secondary N) is 1. The summed E-state index contributed by atoms with van der Waals surface area (Å²) < 4.78 is 46.2. The largest absolute Gasteiger partial charge is 0.416 e. The molecule has 3 rings (SSSR count). The first-order valence-electron chi connectivity index (χ1n) is 12.1. The lowest BCUT2D eigenvalue weighted by atomic mass is 10.0. The summed E-state index contributed by atoms with van der Waals surface area (Å²) in [6, 6.07) is 3.26. The van der Waals surface area contributed by atoms with Crippen molar-refractivity contribution in [3.8, 4) is 0 Å². The number of aliphatic hydroxyl groups is 1. The van der Waals surface area contributed by atoms with Gasteiger partial charge in [-0.05, 0) is 37.6 Å². The van der Waals surface area contributed by atoms with E-state index in [4.69, 9.17) is 4.74 Å². The third-order valence-corrected chi connectivity index (χ3v) is 6.31. The molecule has 1 aliphatic rings. The van der Waals surface area contributed by atoms with Gasteiger partial charge in [0, 0.05) is 44.7 Å². The maximum absolute atomic E-state index is 12.9. The number of nitrogens with zero attached hydrogens (tertiary/aromatic N) is 5. The van der Waals surface area contributed by atoms with Crippen LogP contribution in [-0.4, -0.2) is 80.7 Å². The van der Waals surface area contributed by atoms with Crippen LogP contribution in [-0.2, 0) is 28.9 Å². The number of urea groups is 1. The van der Waals surface area contributed by atoms with Crippen LogP contribution in [0.2, 0.25) is 0 Å². The van der Waals surface area contributed by atoms with Gasteiger partial charge in [0.25, 0.3) is 0 Å². The number of likely N-dealkylation sites (N-methyl/N-ethyl adjacent to an activating group) is 1. The first kappa shape index (κ1) is 28.4. The summed E-state index contributed by atoms with van der Waals surface area (Å²) in [7, 11) is 1.55. The van der Waals surface area contributed by atoms with E-state index in [-0.39, 0.29) is 49.7 Å². The average molecular weight is 527 g/mol. The van der Waals surface area contributed by atoms with Crippen molar-refractivity contribution in [3.05, 3.63) is 41.7 Å². The van der Waals surface area contributed by atoms with Gasteiger partial charge in [-0.2, -0.15) is 13.2 Å². The second kappa shape index (κ2) is 12.4. The van der Waals surface area contributed by atoms with Gasteiger partial charge in [0.2, 0.25) is 5.91 Å². The van der Waals surface area contributed by atoms with E-state index in [0.29, 0.717) is 25.2 Å². The highest BCUT2D eigenvalue weighted by Crippen LogP contribution is 2.30. The summed E-state index contributed by atoms with van der Waals surface area (Å²) in [5, 5.41) is 20.4. The highest BCUT2D eigenvalue weighted by Gasteiger charge is 2.31. The van der Waals surface area contributed by atoms with Gasteiger partial charge in [-0.3, -0.25) is 9.48 Å². The van der Waals surface area contributed by atoms with Gasteiger partial charge < -0.3 is 25.0 Å². The topological polar surface area (TPSA) is 113 Å². The number of amides is 3. The number of aromatic nitrogens is 3. The molecule has 1 aromatic carbocycles. The van der Waals surface area contributed by atoms with Gasteiger partial charge in [-0.1, -0.05) is 12.1 Å². The molecule has 37 heavy (non-hydrogen) atoms. The zero-order valence-electron chi connectivity index (χ0n) is 21.1. The Balaban J connectivity index is 1.73. The molecule has 13 heteroatoms. The Morgan fingerprint density at radius 2 is 2.03 bits per heavy atom. The molecule has 2 aromatic rings. The molecule has 2 heterocycles. The molecular formula is C24H33F3N6O4. The summed E-state index contributed by atoms with van der Waals surface area (Å²) in [5.41, 5.74) is 0.0253. The molecule has 1 aromatic heterocycles. The van der Waals surface area contributed by atoms with Crippen LogP contribution in [0.5, 0.6) is 0 Å². The lowest BCUT2D eigenvalue weighted by molar-refractivity contribution is -0.137. The zero-order chi connectivity index (χ0) is 27.2. The number of fused-ring (bicyclic) bond motifs is 2. The molecule has 0 radical (unpaired) electrons. The van der Waals surface area contributed by atoms with E-state index in [9.17, 15) is 27.9 Å². The number of hydrogen-bond donors (Lipinski definition) is 2. The van der Waals surface area contributed by atoms with Crippen LogP contribution < -0.4 is 5.32 Å². The lowest BCUT2D eigenvalue weighted by Gasteiger charge is -2.35. The predicted octanol–water partition coefficient (Wildman–Crippen LogP) is 2.99. The third-order valence-electron chi connectivity index (χ3n) is 6.31. The smallest absolute Gasteiger partial charge is 0.394 e. The van der Waals surface area contributed by atoms with E-state index in [0.717, 1.165) is 12.1 Å². The molecule has 0 saturated carbocycles. The molecule has 3 atom stereocenters. The number of alkyl halides is 3. The van der Waals surface area contributed by atoms with Crippen molar-refractivity contribution in [1.29, 1.82) is 0 Å². The fourth-order valence-corrected chi connectivity index (χ4v) is 4.01. The number of aryl methyl sites for hydroxylation is 1. The van der Waals surface area contributed by atoms with Gasteiger partial charge in [-0.25, -0.2) is 4.79 Å². The van der Waals surface area contributed by atoms with E-state index in [1.54, 1.807) is 29.7 Å². The Bertz CT molecular complexity index is 1050. The number of halogens is 3. The fraction of sp³-hybridized carbons (Fsp3) is 0.583. The molecule has 0 unspecified atom stereocenters. The summed E-state index contributed by atoms with van der Waals surface area (Å²) in [6.45, 7) is 4.59. The number of hydrogen-bond acceptors (Lipinski definition) is 6. The number of carbonyl (C=O) groups excluding carboxylic acids is 2. The summed E-state index contributed by atoms with van der Waals surface area (Å²) in [5.74, 6) is -0.324. The zero-order valence-corrected chi connectivity index (χ0v) is 21.1. The van der Waals surface area contributed by atoms with Crippen molar-refractivity contribution in [3.63, 3.8) is 0 Å². The van der Waals surface area contributed by atoms with Crippen LogP contribution in [0.1, 0.15) is 37.9 Å². The van der Waals surface area contributed by atoms with Crippen LogP contribution in [0, 0.1) is 5.92 Å². The maximum atomic E-state index is 12.9. The quantitative estimate of drug-likeness (QED) is 0.620. The van der Waals surface area contributed by atoms with Crippen LogP contribution in [0.4, 0.5) is 23.7 Å². The van der Waals surface area contributed by atoms with Crippen molar-refractivity contribution in [1.82, 2.24) is 24.8 Å². The first-order valence-corrected chi connectivity index (χ1v) is 12.1. The number of anilines is 1. The molecule has 1 aliphatic heterocycles. The van der Waals surface area contributed by atoms with E-state index < -0.39 is 23.9 Å². The minimum Gasteiger partial charge on any atom is -0.394 e. The standard InChI is InChI=1S/C24H33F3N6O4/c1-16-11-33(17(2)14-34)22(35)5-4-10-32-12-20(29-30-32)15-37-21(16)13-31(3)23(36)28-19-8-6-18(7-9-19)24(25,26)27/h6-9,12,16-17,21,34H,4-5,10-11,13-15H2,1-3H3,(H,28,36)/t16-,17-,21+/m1/s1. The van der Waals surface area contributed by atoms with Crippen LogP contribution in [0.3, 0.4) is 0 Å². The molecule has 204 valence electrons. The third kappa shape index (κ3) is 7.89. The summed E-state index contributed by atoms with van der Waals surface area (Å²) in [6.07, 6.45) is -2.38. The van der Waals surface area contributed by atoms with Gasteiger partial charge in [-0.15, -0.1) is 5.10 Å². The molecule has 10 nitrogen and oxygen atoms in total. The Labute approximate surface area is 213 Å². The van der Waals surface area contributed by atoms with Crippen molar-refractivity contribution in [2.75, 3.05) is 32.1 Å². The monoisotopic (exact) mass is 526 g/mol. The molecule has 0 fully saturated rings. The van der Waals surface area contributed by atoms with Crippen LogP contribution in [0.25, 0.3) is 0 Å². The summed E-state index contributed by atoms with van der Waals surface area (Å²) >= 11 is 0. The highest BCUT2D eigenvalue weighted by molar-refractivity contribution is 5.89. The second-order valence-electron chi connectivity index (χ2n) is 9.37. The maximum Gasteiger partial charge on any atom is 0.416 e. The number of rotatable bonds is 5. The molecule has 2 N–H and O–H groups in total. The van der Waals surface area contributed by atoms with Crippen LogP contribution >= 0.6 is 0 Å². The van der Waals surface area contributed by atoms with Gasteiger partial charge in [0.1, 0.15) is 5.69 Å². The predicted molar refractivity (Wildman–Crippen MR) is 128 cm³/mol. The lowest BCUT2D eigenvalue weighted by Crippen LogP contribution is -2.48. The van der Waals surface area contributed by atoms with Gasteiger partial charge >= 0.3 is 12.2 Å². The van der Waals surface area contributed by atoms with Gasteiger partial charge in [0.15, 0.2) is 0 Å². The second-order valence-corrected chi connectivity index (χ2v) is 9.37. The molecular weight excluding hydrogens is 493 g/mol. The number of ether oxygens (including phenoxy) is 1. The van der Waals surface area contributed by atoms with E-state index >= 15 is 0 Å². The number of benzene rings is 1. The molecule has 0 saturated heterocycles. The van der Waals surface area contributed by atoms with Crippen molar-refractivity contribution in [2.45, 2.75) is 58.2 Å². The van der Waals surface area contributed by atoms with Gasteiger partial charge in [0.05, 0.1) is 37.1 Å². The van der Waals surface area contributed by atoms with Crippen LogP contribution in [0.15, 0.2) is 30.5 Å². The first-order chi connectivity index (χ1) is 17.5. The van der Waals surface area contributed by atoms with E-state index in [1.165, 1.54) is 17.0 Å². The SMILES string of the molecule is C[C@@H]1CN([C@H](C)CO)C(=O)CCCn2cc(nn2)CO[C@H]1CN(C)C(=O)Nc1ccc(C(F)(F)F)cc1. The van der Waals surface area contributed by atoms with E-state index in [2.05, 4.69) is 15.6 Å². The van der Waals surface area contributed by atoms with E-state index in [1.807, 2.05) is 6.92 Å². The average Bonchev–Trinajstić information content (AvgIpc) is 3.31. The Hall–Kier alpha value is -3.19. The normalized spacial score (nSPS) is 20.4. The minimum absolute atomic E-state index is 0.0971. The number of aliphatic hydroxyl groups excluding tert-OH is 1. The fourth-order valence-electron chi connectivity index (χ4n) is 4.01. The Morgan fingerprint density at radius 3 is 2.68 bits per heavy atom.